The smallest absolute Gasteiger partial charge is 0.129 e. The minimum absolute atomic E-state index is 0.349. The third-order valence-corrected chi connectivity index (χ3v) is 3.91. The summed E-state index contributed by atoms with van der Waals surface area (Å²) >= 11 is 0. The molecule has 2 fully saturated rings. The molecule has 0 amide bonds. The fraction of sp³-hybridized carbons (Fsp3) is 0.538. The number of hydrogen-bond donors (Lipinski definition) is 1. The lowest BCUT2D eigenvalue weighted by Crippen LogP contribution is -2.47. The Morgan fingerprint density at radius 2 is 2.00 bits per heavy atom. The molecule has 0 aliphatic carbocycles. The quantitative estimate of drug-likeness (QED) is 0.789. The van der Waals surface area contributed by atoms with E-state index in [0.717, 1.165) is 18.7 Å². The van der Waals surface area contributed by atoms with Gasteiger partial charge < -0.3 is 10.6 Å². The van der Waals surface area contributed by atoms with Gasteiger partial charge in [-0.2, -0.15) is 5.26 Å². The van der Waals surface area contributed by atoms with Crippen LogP contribution >= 0.6 is 0 Å². The van der Waals surface area contributed by atoms with Gasteiger partial charge in [-0.1, -0.05) is 0 Å². The van der Waals surface area contributed by atoms with Crippen molar-refractivity contribution in [1.82, 2.24) is 4.98 Å². The maximum Gasteiger partial charge on any atom is 0.129 e. The van der Waals surface area contributed by atoms with E-state index in [9.17, 15) is 0 Å². The average molecular weight is 228 g/mol. The first-order valence-corrected chi connectivity index (χ1v) is 6.18. The van der Waals surface area contributed by atoms with Crippen LogP contribution in [-0.4, -0.2) is 23.1 Å². The Kier molecular flexibility index (Phi) is 2.49. The number of hydrogen-bond acceptors (Lipinski definition) is 4. The summed E-state index contributed by atoms with van der Waals surface area (Å²) in [7, 11) is 0. The molecule has 4 heteroatoms. The van der Waals surface area contributed by atoms with E-state index < -0.39 is 0 Å². The second-order valence-electron chi connectivity index (χ2n) is 5.04. The van der Waals surface area contributed by atoms with Crippen LogP contribution in [0.2, 0.25) is 0 Å². The lowest BCUT2D eigenvalue weighted by atomic mass is 9.98. The van der Waals surface area contributed by atoms with Crippen LogP contribution in [0.15, 0.2) is 18.3 Å². The highest BCUT2D eigenvalue weighted by molar-refractivity contribution is 5.46. The third kappa shape index (κ3) is 1.77. The first-order valence-electron chi connectivity index (χ1n) is 6.18. The van der Waals surface area contributed by atoms with Crippen LogP contribution in [0.5, 0.6) is 0 Å². The van der Waals surface area contributed by atoms with E-state index >= 15 is 0 Å². The molecule has 4 nitrogen and oxygen atoms in total. The molecular weight excluding hydrogens is 212 g/mol. The Labute approximate surface area is 101 Å². The number of pyridine rings is 1. The summed E-state index contributed by atoms with van der Waals surface area (Å²) in [6, 6.07) is 7.34. The van der Waals surface area contributed by atoms with E-state index in [4.69, 9.17) is 11.0 Å². The fourth-order valence-corrected chi connectivity index (χ4v) is 3.20. The zero-order valence-electron chi connectivity index (χ0n) is 9.71. The molecule has 0 saturated carbocycles. The van der Waals surface area contributed by atoms with Gasteiger partial charge >= 0.3 is 0 Å². The summed E-state index contributed by atoms with van der Waals surface area (Å²) in [5.41, 5.74) is 6.67. The van der Waals surface area contributed by atoms with Crippen molar-refractivity contribution in [2.24, 2.45) is 5.73 Å². The van der Waals surface area contributed by atoms with Crippen LogP contribution in [-0.2, 0) is 0 Å². The van der Waals surface area contributed by atoms with Crippen LogP contribution in [0.1, 0.15) is 31.2 Å². The topological polar surface area (TPSA) is 65.9 Å². The molecule has 2 aliphatic rings. The molecule has 3 rings (SSSR count). The molecule has 17 heavy (non-hydrogen) atoms. The minimum Gasteiger partial charge on any atom is -0.351 e. The average Bonchev–Trinajstić information content (AvgIpc) is 2.62. The Balaban J connectivity index is 1.87. The van der Waals surface area contributed by atoms with Crippen LogP contribution < -0.4 is 10.6 Å². The van der Waals surface area contributed by atoms with Gasteiger partial charge in [-0.3, -0.25) is 0 Å². The lowest BCUT2D eigenvalue weighted by molar-refractivity contribution is 0.412. The standard InChI is InChI=1S/C13H16N4/c14-7-9-1-4-13(16-8-9)17-11-2-3-12(17)6-10(15)5-11/h1,4,8,10-12H,2-3,5-6,15H2. The van der Waals surface area contributed by atoms with Crippen molar-refractivity contribution in [2.45, 2.75) is 43.8 Å². The monoisotopic (exact) mass is 228 g/mol. The highest BCUT2D eigenvalue weighted by atomic mass is 15.3. The number of fused-ring (bicyclic) bond motifs is 2. The highest BCUT2D eigenvalue weighted by Gasteiger charge is 2.40. The Morgan fingerprint density at radius 3 is 2.53 bits per heavy atom. The van der Waals surface area contributed by atoms with Crippen molar-refractivity contribution in [3.63, 3.8) is 0 Å². The molecule has 2 saturated heterocycles. The second kappa shape index (κ2) is 4.01. The second-order valence-corrected chi connectivity index (χ2v) is 5.04. The molecule has 88 valence electrons. The van der Waals surface area contributed by atoms with Gasteiger partial charge in [-0.25, -0.2) is 4.98 Å². The normalized spacial score (nSPS) is 31.3. The maximum absolute atomic E-state index is 8.77. The van der Waals surface area contributed by atoms with E-state index in [1.165, 1.54) is 12.8 Å². The molecule has 0 aromatic carbocycles. The van der Waals surface area contributed by atoms with Gasteiger partial charge in [-0.15, -0.1) is 0 Å². The summed E-state index contributed by atoms with van der Waals surface area (Å²) in [6.45, 7) is 0. The zero-order chi connectivity index (χ0) is 11.8. The van der Waals surface area contributed by atoms with Gasteiger partial charge in [0.05, 0.1) is 5.56 Å². The van der Waals surface area contributed by atoms with Crippen molar-refractivity contribution in [3.8, 4) is 6.07 Å². The van der Waals surface area contributed by atoms with Gasteiger partial charge in [0.25, 0.3) is 0 Å². The molecule has 2 atom stereocenters. The van der Waals surface area contributed by atoms with Crippen LogP contribution in [0.3, 0.4) is 0 Å². The molecule has 3 heterocycles. The summed E-state index contributed by atoms with van der Waals surface area (Å²) in [6.07, 6.45) is 6.24. The number of aromatic nitrogens is 1. The number of nitrogens with zero attached hydrogens (tertiary/aromatic N) is 3. The van der Waals surface area contributed by atoms with Crippen molar-refractivity contribution >= 4 is 5.82 Å². The SMILES string of the molecule is N#Cc1ccc(N2C3CCC2CC(N)C3)nc1. The summed E-state index contributed by atoms with van der Waals surface area (Å²) < 4.78 is 0. The Bertz CT molecular complexity index is 433. The number of rotatable bonds is 1. The maximum atomic E-state index is 8.77. The predicted octanol–water partition coefficient (Wildman–Crippen LogP) is 1.41. The highest BCUT2D eigenvalue weighted by Crippen LogP contribution is 2.37. The Morgan fingerprint density at radius 1 is 1.29 bits per heavy atom. The van der Waals surface area contributed by atoms with Crippen molar-refractivity contribution < 1.29 is 0 Å². The van der Waals surface area contributed by atoms with E-state index in [1.807, 2.05) is 12.1 Å². The van der Waals surface area contributed by atoms with E-state index in [-0.39, 0.29) is 0 Å². The van der Waals surface area contributed by atoms with Crippen LogP contribution in [0.25, 0.3) is 0 Å². The van der Waals surface area contributed by atoms with Crippen molar-refractivity contribution in [2.75, 3.05) is 4.90 Å². The summed E-state index contributed by atoms with van der Waals surface area (Å²) in [5, 5.41) is 8.77. The molecule has 2 unspecified atom stereocenters. The van der Waals surface area contributed by atoms with Crippen molar-refractivity contribution in [3.05, 3.63) is 23.9 Å². The largest absolute Gasteiger partial charge is 0.351 e. The molecule has 1 aromatic heterocycles. The Hall–Kier alpha value is -1.60. The molecule has 0 spiro atoms. The van der Waals surface area contributed by atoms with Gasteiger partial charge in [0.1, 0.15) is 11.9 Å². The molecule has 0 radical (unpaired) electrons. The van der Waals surface area contributed by atoms with Gasteiger partial charge in [-0.05, 0) is 37.8 Å². The molecule has 2 aliphatic heterocycles. The minimum atomic E-state index is 0.349. The predicted molar refractivity (Wildman–Crippen MR) is 65.5 cm³/mol. The molecule has 2 bridgehead atoms. The first kappa shape index (κ1) is 10.5. The number of anilines is 1. The fourth-order valence-electron chi connectivity index (χ4n) is 3.20. The number of nitrogens with two attached hydrogens (primary N) is 1. The van der Waals surface area contributed by atoms with Gasteiger partial charge in [0.2, 0.25) is 0 Å². The van der Waals surface area contributed by atoms with Crippen LogP contribution in [0, 0.1) is 11.3 Å². The van der Waals surface area contributed by atoms with E-state index in [0.29, 0.717) is 23.7 Å². The third-order valence-electron chi connectivity index (χ3n) is 3.91. The van der Waals surface area contributed by atoms with Gasteiger partial charge in [0.15, 0.2) is 0 Å². The van der Waals surface area contributed by atoms with E-state index in [1.54, 1.807) is 6.20 Å². The molecule has 2 N–H and O–H groups in total. The molecular formula is C13H16N4. The number of nitriles is 1. The van der Waals surface area contributed by atoms with Crippen molar-refractivity contribution in [1.29, 1.82) is 5.26 Å². The van der Waals surface area contributed by atoms with E-state index in [2.05, 4.69) is 16.0 Å². The zero-order valence-corrected chi connectivity index (χ0v) is 9.71. The summed E-state index contributed by atoms with van der Waals surface area (Å²) in [5.74, 6) is 1.00. The van der Waals surface area contributed by atoms with Gasteiger partial charge in [0, 0.05) is 24.3 Å². The summed E-state index contributed by atoms with van der Waals surface area (Å²) in [4.78, 5) is 6.81. The molecule has 1 aromatic rings. The number of piperidine rings is 1. The first-order chi connectivity index (χ1) is 8.28. The van der Waals surface area contributed by atoms with Crippen LogP contribution in [0.4, 0.5) is 5.82 Å². The lowest BCUT2D eigenvalue weighted by Gasteiger charge is -2.38.